The smallest absolute Gasteiger partial charge is 0.320 e. The molecule has 2 aliphatic rings. The fraction of sp³-hybridized carbons (Fsp3) is 0.286. The number of aliphatic carboxylic acids is 1. The summed E-state index contributed by atoms with van der Waals surface area (Å²) in [6.45, 7) is 2.19. The lowest BCUT2D eigenvalue weighted by Crippen LogP contribution is -2.44. The number of carboxylic acid groups (broad SMARTS) is 1. The summed E-state index contributed by atoms with van der Waals surface area (Å²) in [4.78, 5) is 29.9. The van der Waals surface area contributed by atoms with Gasteiger partial charge in [0, 0.05) is 25.0 Å². The van der Waals surface area contributed by atoms with Crippen LogP contribution in [-0.2, 0) is 17.8 Å². The van der Waals surface area contributed by atoms with Crippen LogP contribution in [0.3, 0.4) is 0 Å². The van der Waals surface area contributed by atoms with Crippen LogP contribution < -0.4 is 4.90 Å². The minimum Gasteiger partial charge on any atom is -0.480 e. The number of benzene rings is 2. The van der Waals surface area contributed by atoms with Crippen LogP contribution in [0, 0.1) is 0 Å². The Morgan fingerprint density at radius 2 is 1.89 bits per heavy atom. The zero-order valence-electron chi connectivity index (χ0n) is 19.5. The fourth-order valence-corrected chi connectivity index (χ4v) is 5.49. The first-order chi connectivity index (χ1) is 17.2. The topological polar surface area (TPSA) is 82.5 Å². The molecule has 1 atom stereocenters. The number of pyridine rings is 1. The molecular weight excluding hydrogens is 438 g/mol. The van der Waals surface area contributed by atoms with Crippen LogP contribution in [0.2, 0.25) is 0 Å². The highest BCUT2D eigenvalue weighted by Crippen LogP contribution is 2.40. The monoisotopic (exact) mass is 465 g/mol. The van der Waals surface area contributed by atoms with Crippen molar-refractivity contribution in [1.82, 2.24) is 19.9 Å². The van der Waals surface area contributed by atoms with E-state index in [-0.39, 0.29) is 0 Å². The molecule has 1 saturated heterocycles. The van der Waals surface area contributed by atoms with E-state index >= 15 is 0 Å². The van der Waals surface area contributed by atoms with Crippen LogP contribution in [0.4, 0.5) is 11.5 Å². The summed E-state index contributed by atoms with van der Waals surface area (Å²) < 4.78 is 0. The molecule has 0 amide bonds. The van der Waals surface area contributed by atoms with Gasteiger partial charge in [0.25, 0.3) is 0 Å². The molecule has 0 radical (unpaired) electrons. The van der Waals surface area contributed by atoms with Gasteiger partial charge in [0.2, 0.25) is 0 Å². The summed E-state index contributed by atoms with van der Waals surface area (Å²) in [5.74, 6) is 0.0672. The van der Waals surface area contributed by atoms with Gasteiger partial charge in [-0.05, 0) is 60.2 Å². The average Bonchev–Trinajstić information content (AvgIpc) is 3.33. The molecule has 0 aliphatic carbocycles. The molecule has 4 heterocycles. The van der Waals surface area contributed by atoms with Crippen molar-refractivity contribution in [3.8, 4) is 11.1 Å². The van der Waals surface area contributed by atoms with E-state index in [0.717, 1.165) is 60.5 Å². The molecule has 2 aromatic heterocycles. The van der Waals surface area contributed by atoms with E-state index in [1.165, 1.54) is 16.7 Å². The number of carbonyl (C=O) groups is 1. The maximum Gasteiger partial charge on any atom is 0.320 e. The van der Waals surface area contributed by atoms with Gasteiger partial charge < -0.3 is 10.0 Å². The highest BCUT2D eigenvalue weighted by molar-refractivity contribution is 5.90. The van der Waals surface area contributed by atoms with Crippen molar-refractivity contribution >= 4 is 28.5 Å². The molecule has 0 unspecified atom stereocenters. The Bertz CT molecular complexity index is 1390. The van der Waals surface area contributed by atoms with E-state index in [1.54, 1.807) is 6.33 Å². The van der Waals surface area contributed by atoms with E-state index in [2.05, 4.69) is 57.3 Å². The standard InChI is InChI=1S/C28H27N5O2/c34-28(35)25-10-4-5-13-32(25)17-19-15-23-26(29-16-19)27(31-18-30-23)33-14-12-22-21(9-6-11-24(22)33)20-7-2-1-3-8-20/h1-3,6-9,11,15-16,18,25H,4-5,10,12-14,17H2,(H,34,35)/t25-/m1/s1. The second kappa shape index (κ2) is 9.07. The van der Waals surface area contributed by atoms with Gasteiger partial charge in [-0.15, -0.1) is 0 Å². The lowest BCUT2D eigenvalue weighted by molar-refractivity contribution is -0.144. The molecule has 7 nitrogen and oxygen atoms in total. The average molecular weight is 466 g/mol. The zero-order valence-corrected chi connectivity index (χ0v) is 19.5. The lowest BCUT2D eigenvalue weighted by Gasteiger charge is -2.32. The van der Waals surface area contributed by atoms with Crippen molar-refractivity contribution < 1.29 is 9.90 Å². The summed E-state index contributed by atoms with van der Waals surface area (Å²) in [7, 11) is 0. The quantitative estimate of drug-likeness (QED) is 0.452. The van der Waals surface area contributed by atoms with Crippen LogP contribution >= 0.6 is 0 Å². The number of likely N-dealkylation sites (tertiary alicyclic amines) is 1. The van der Waals surface area contributed by atoms with Crippen molar-refractivity contribution in [1.29, 1.82) is 0 Å². The second-order valence-corrected chi connectivity index (χ2v) is 9.30. The molecule has 0 saturated carbocycles. The Morgan fingerprint density at radius 3 is 2.74 bits per heavy atom. The van der Waals surface area contributed by atoms with Crippen LogP contribution in [0.1, 0.15) is 30.4 Å². The van der Waals surface area contributed by atoms with Crippen LogP contribution in [0.15, 0.2) is 67.1 Å². The molecule has 35 heavy (non-hydrogen) atoms. The first-order valence-electron chi connectivity index (χ1n) is 12.2. The number of hydrogen-bond donors (Lipinski definition) is 1. The summed E-state index contributed by atoms with van der Waals surface area (Å²) in [6.07, 6.45) is 7.07. The van der Waals surface area contributed by atoms with E-state index in [4.69, 9.17) is 4.98 Å². The summed E-state index contributed by atoms with van der Waals surface area (Å²) in [5, 5.41) is 9.61. The number of hydrogen-bond acceptors (Lipinski definition) is 6. The van der Waals surface area contributed by atoms with Crippen LogP contribution in [-0.4, -0.2) is 50.1 Å². The molecule has 4 aromatic rings. The van der Waals surface area contributed by atoms with Gasteiger partial charge in [0.15, 0.2) is 5.82 Å². The number of anilines is 2. The molecule has 0 bridgehead atoms. The first-order valence-corrected chi connectivity index (χ1v) is 12.2. The molecule has 6 rings (SSSR count). The molecule has 2 aromatic carbocycles. The third-order valence-electron chi connectivity index (χ3n) is 7.17. The Hall–Kier alpha value is -3.84. The molecule has 7 heteroatoms. The normalized spacial score (nSPS) is 18.1. The molecule has 2 aliphatic heterocycles. The molecule has 0 spiro atoms. The molecular formula is C28H27N5O2. The van der Waals surface area contributed by atoms with Gasteiger partial charge >= 0.3 is 5.97 Å². The maximum atomic E-state index is 11.7. The Morgan fingerprint density at radius 1 is 1.00 bits per heavy atom. The summed E-state index contributed by atoms with van der Waals surface area (Å²) in [5.41, 5.74) is 7.49. The van der Waals surface area contributed by atoms with Gasteiger partial charge in [-0.2, -0.15) is 0 Å². The second-order valence-electron chi connectivity index (χ2n) is 9.30. The molecule has 1 N–H and O–H groups in total. The minimum absolute atomic E-state index is 0.430. The SMILES string of the molecule is O=C(O)[C@H]1CCCCN1Cc1cnc2c(N3CCc4c(-c5ccccc5)cccc43)ncnc2c1. The predicted octanol–water partition coefficient (Wildman–Crippen LogP) is 4.83. The van der Waals surface area contributed by atoms with Crippen molar-refractivity contribution in [2.75, 3.05) is 18.0 Å². The van der Waals surface area contributed by atoms with Crippen LogP contribution in [0.25, 0.3) is 22.2 Å². The van der Waals surface area contributed by atoms with Gasteiger partial charge in [-0.1, -0.05) is 48.9 Å². The van der Waals surface area contributed by atoms with Gasteiger partial charge in [-0.25, -0.2) is 9.97 Å². The number of carboxylic acids is 1. The van der Waals surface area contributed by atoms with Gasteiger partial charge in [-0.3, -0.25) is 14.7 Å². The van der Waals surface area contributed by atoms with Crippen LogP contribution in [0.5, 0.6) is 0 Å². The summed E-state index contributed by atoms with van der Waals surface area (Å²) >= 11 is 0. The lowest BCUT2D eigenvalue weighted by atomic mass is 9.98. The maximum absolute atomic E-state index is 11.7. The van der Waals surface area contributed by atoms with Crippen molar-refractivity contribution in [3.05, 3.63) is 78.2 Å². The van der Waals surface area contributed by atoms with Gasteiger partial charge in [0.1, 0.15) is 17.9 Å². The van der Waals surface area contributed by atoms with E-state index in [9.17, 15) is 9.90 Å². The number of rotatable bonds is 5. The number of aromatic nitrogens is 3. The van der Waals surface area contributed by atoms with Crippen molar-refractivity contribution in [3.63, 3.8) is 0 Å². The predicted molar refractivity (Wildman–Crippen MR) is 136 cm³/mol. The Kier molecular flexibility index (Phi) is 5.62. The third kappa shape index (κ3) is 4.02. The Labute approximate surface area is 204 Å². The van der Waals surface area contributed by atoms with E-state index in [1.807, 2.05) is 23.2 Å². The third-order valence-corrected chi connectivity index (χ3v) is 7.17. The highest BCUT2D eigenvalue weighted by atomic mass is 16.4. The van der Waals surface area contributed by atoms with Crippen molar-refractivity contribution in [2.24, 2.45) is 0 Å². The van der Waals surface area contributed by atoms with Gasteiger partial charge in [0.05, 0.1) is 5.52 Å². The Balaban J connectivity index is 1.33. The highest BCUT2D eigenvalue weighted by Gasteiger charge is 2.29. The first kappa shape index (κ1) is 21.7. The fourth-order valence-electron chi connectivity index (χ4n) is 5.49. The summed E-state index contributed by atoms with van der Waals surface area (Å²) in [6, 6.07) is 18.5. The zero-order chi connectivity index (χ0) is 23.8. The number of piperidine rings is 1. The minimum atomic E-state index is -0.745. The molecule has 176 valence electrons. The van der Waals surface area contributed by atoms with E-state index < -0.39 is 12.0 Å². The largest absolute Gasteiger partial charge is 0.480 e. The molecule has 1 fully saturated rings. The number of fused-ring (bicyclic) bond motifs is 2. The van der Waals surface area contributed by atoms with Crippen molar-refractivity contribution in [2.45, 2.75) is 38.3 Å². The number of nitrogens with zero attached hydrogens (tertiary/aromatic N) is 5. The van der Waals surface area contributed by atoms with E-state index in [0.29, 0.717) is 13.0 Å².